The number of carbonyl (C=O) groups is 1. The van der Waals surface area contributed by atoms with E-state index in [0.29, 0.717) is 18.1 Å². The highest BCUT2D eigenvalue weighted by atomic mass is 16.5. The summed E-state index contributed by atoms with van der Waals surface area (Å²) in [6.45, 7) is 11.6. The van der Waals surface area contributed by atoms with Crippen LogP contribution in [0.5, 0.6) is 0 Å². The molecule has 1 aliphatic carbocycles. The molecule has 2 rings (SSSR count). The topological polar surface area (TPSA) is 58.6 Å². The number of rotatable bonds is 4. The molecule has 0 amide bonds. The van der Waals surface area contributed by atoms with Crippen molar-refractivity contribution in [1.82, 2.24) is 5.32 Å². The molecule has 0 aromatic heterocycles. The number of hydrogen-bond acceptors (Lipinski definition) is 3. The molecule has 4 atom stereocenters. The maximum atomic E-state index is 11.4. The second-order valence-electron chi connectivity index (χ2n) is 8.13. The van der Waals surface area contributed by atoms with E-state index < -0.39 is 5.97 Å². The Balaban J connectivity index is 1.89. The van der Waals surface area contributed by atoms with Gasteiger partial charge in [0.15, 0.2) is 0 Å². The molecule has 21 heavy (non-hydrogen) atoms. The van der Waals surface area contributed by atoms with Crippen LogP contribution in [-0.4, -0.2) is 35.4 Å². The lowest BCUT2D eigenvalue weighted by Gasteiger charge is -2.46. The van der Waals surface area contributed by atoms with Crippen LogP contribution >= 0.6 is 0 Å². The Kier molecular flexibility index (Phi) is 4.69. The van der Waals surface area contributed by atoms with E-state index in [-0.39, 0.29) is 16.9 Å². The fraction of sp³-hybridized carbons (Fsp3) is 0.941. The van der Waals surface area contributed by atoms with Crippen molar-refractivity contribution in [3.63, 3.8) is 0 Å². The van der Waals surface area contributed by atoms with Crippen LogP contribution in [0.3, 0.4) is 0 Å². The minimum Gasteiger partial charge on any atom is -0.481 e. The highest BCUT2D eigenvalue weighted by molar-refractivity contribution is 5.71. The molecule has 2 aliphatic rings. The van der Waals surface area contributed by atoms with Gasteiger partial charge in [-0.1, -0.05) is 20.8 Å². The number of carboxylic acid groups (broad SMARTS) is 1. The molecule has 0 radical (unpaired) electrons. The van der Waals surface area contributed by atoms with E-state index >= 15 is 0 Å². The molecular weight excluding hydrogens is 266 g/mol. The second-order valence-corrected chi connectivity index (χ2v) is 8.13. The van der Waals surface area contributed by atoms with Gasteiger partial charge in [-0.2, -0.15) is 0 Å². The van der Waals surface area contributed by atoms with Crippen LogP contribution in [0.15, 0.2) is 0 Å². The van der Waals surface area contributed by atoms with E-state index in [0.717, 1.165) is 32.2 Å². The van der Waals surface area contributed by atoms with Crippen LogP contribution < -0.4 is 5.32 Å². The summed E-state index contributed by atoms with van der Waals surface area (Å²) >= 11 is 0. The standard InChI is InChI=1S/C17H31NO3/c1-11-14(7-6-13(15(19)20)17(11,4)5)18-10-12-8-9-16(2,3)21-12/h11-14,18H,6-10H2,1-5H3,(H,19,20). The predicted molar refractivity (Wildman–Crippen MR) is 83.3 cm³/mol. The Bertz CT molecular complexity index is 391. The zero-order chi connectivity index (χ0) is 15.8. The van der Waals surface area contributed by atoms with Crippen molar-refractivity contribution in [3.8, 4) is 0 Å². The fourth-order valence-electron chi connectivity index (χ4n) is 4.03. The fourth-order valence-corrected chi connectivity index (χ4v) is 4.03. The first-order valence-corrected chi connectivity index (χ1v) is 8.27. The van der Waals surface area contributed by atoms with Gasteiger partial charge in [0.25, 0.3) is 0 Å². The summed E-state index contributed by atoms with van der Waals surface area (Å²) in [6, 6.07) is 0.392. The lowest BCUT2D eigenvalue weighted by molar-refractivity contribution is -0.150. The molecule has 0 spiro atoms. The maximum Gasteiger partial charge on any atom is 0.307 e. The zero-order valence-electron chi connectivity index (χ0n) is 14.1. The Morgan fingerprint density at radius 2 is 1.90 bits per heavy atom. The van der Waals surface area contributed by atoms with Crippen LogP contribution in [-0.2, 0) is 9.53 Å². The van der Waals surface area contributed by atoms with Gasteiger partial charge >= 0.3 is 5.97 Å². The van der Waals surface area contributed by atoms with Crippen molar-refractivity contribution in [1.29, 1.82) is 0 Å². The van der Waals surface area contributed by atoms with Gasteiger partial charge in [-0.05, 0) is 50.9 Å². The molecule has 2 fully saturated rings. The van der Waals surface area contributed by atoms with Crippen molar-refractivity contribution in [2.45, 2.75) is 78.0 Å². The highest BCUT2D eigenvalue weighted by Crippen LogP contribution is 2.45. The van der Waals surface area contributed by atoms with Crippen LogP contribution in [0, 0.1) is 17.3 Å². The molecule has 1 saturated heterocycles. The number of aliphatic carboxylic acids is 1. The van der Waals surface area contributed by atoms with E-state index in [2.05, 4.69) is 39.9 Å². The van der Waals surface area contributed by atoms with Gasteiger partial charge in [-0.25, -0.2) is 0 Å². The van der Waals surface area contributed by atoms with Crippen molar-refractivity contribution >= 4 is 5.97 Å². The minimum atomic E-state index is -0.647. The summed E-state index contributed by atoms with van der Waals surface area (Å²) in [5.41, 5.74) is -0.157. The third-order valence-electron chi connectivity index (χ3n) is 5.90. The molecule has 4 unspecified atom stereocenters. The Labute approximate surface area is 128 Å². The smallest absolute Gasteiger partial charge is 0.307 e. The molecule has 1 saturated carbocycles. The van der Waals surface area contributed by atoms with Crippen LogP contribution in [0.2, 0.25) is 0 Å². The predicted octanol–water partition coefficient (Wildman–Crippen LogP) is 3.06. The number of hydrogen-bond donors (Lipinski definition) is 2. The molecule has 0 bridgehead atoms. The third-order valence-corrected chi connectivity index (χ3v) is 5.90. The number of ether oxygens (including phenoxy) is 1. The number of carboxylic acids is 1. The molecule has 0 aromatic rings. The van der Waals surface area contributed by atoms with Crippen molar-refractivity contribution in [2.24, 2.45) is 17.3 Å². The quantitative estimate of drug-likeness (QED) is 0.837. The molecule has 4 heteroatoms. The van der Waals surface area contributed by atoms with Gasteiger partial charge in [0, 0.05) is 12.6 Å². The van der Waals surface area contributed by atoms with E-state index in [1.807, 2.05) is 0 Å². The highest BCUT2D eigenvalue weighted by Gasteiger charge is 2.46. The molecule has 1 heterocycles. The van der Waals surface area contributed by atoms with Crippen LogP contribution in [0.1, 0.15) is 60.3 Å². The van der Waals surface area contributed by atoms with Crippen molar-refractivity contribution in [3.05, 3.63) is 0 Å². The third kappa shape index (κ3) is 3.59. The average Bonchev–Trinajstić information content (AvgIpc) is 2.70. The Hall–Kier alpha value is -0.610. The zero-order valence-corrected chi connectivity index (χ0v) is 14.1. The summed E-state index contributed by atoms with van der Waals surface area (Å²) in [5.74, 6) is -0.528. The summed E-state index contributed by atoms with van der Waals surface area (Å²) in [7, 11) is 0. The molecule has 1 aliphatic heterocycles. The second kappa shape index (κ2) is 5.88. The summed E-state index contributed by atoms with van der Waals surface area (Å²) < 4.78 is 6.03. The first-order valence-electron chi connectivity index (χ1n) is 8.27. The lowest BCUT2D eigenvalue weighted by Crippen LogP contribution is -2.52. The van der Waals surface area contributed by atoms with Gasteiger partial charge in [-0.15, -0.1) is 0 Å². The van der Waals surface area contributed by atoms with Gasteiger partial charge in [-0.3, -0.25) is 4.79 Å². The van der Waals surface area contributed by atoms with E-state index in [4.69, 9.17) is 4.74 Å². The summed E-state index contributed by atoms with van der Waals surface area (Å²) in [4.78, 5) is 11.4. The van der Waals surface area contributed by atoms with E-state index in [1.54, 1.807) is 0 Å². The summed E-state index contributed by atoms with van der Waals surface area (Å²) in [5, 5.41) is 13.0. The normalized spacial score (nSPS) is 38.3. The Morgan fingerprint density at radius 3 is 2.43 bits per heavy atom. The van der Waals surface area contributed by atoms with Crippen molar-refractivity contribution in [2.75, 3.05) is 6.54 Å². The van der Waals surface area contributed by atoms with E-state index in [1.165, 1.54) is 0 Å². The minimum absolute atomic E-state index is 0.0121. The van der Waals surface area contributed by atoms with Crippen molar-refractivity contribution < 1.29 is 14.6 Å². The molecule has 4 nitrogen and oxygen atoms in total. The molecule has 2 N–H and O–H groups in total. The van der Waals surface area contributed by atoms with Gasteiger partial charge in [0.05, 0.1) is 17.6 Å². The van der Waals surface area contributed by atoms with Gasteiger partial charge in [0.1, 0.15) is 0 Å². The maximum absolute atomic E-state index is 11.4. The van der Waals surface area contributed by atoms with Gasteiger partial charge in [0.2, 0.25) is 0 Å². The SMILES string of the molecule is CC1C(NCC2CCC(C)(C)O2)CCC(C(=O)O)C1(C)C. The average molecular weight is 297 g/mol. The van der Waals surface area contributed by atoms with Crippen LogP contribution in [0.25, 0.3) is 0 Å². The monoisotopic (exact) mass is 297 g/mol. The Morgan fingerprint density at radius 1 is 1.24 bits per heavy atom. The van der Waals surface area contributed by atoms with Crippen LogP contribution in [0.4, 0.5) is 0 Å². The first-order chi connectivity index (χ1) is 9.63. The molecule has 122 valence electrons. The molecular formula is C17H31NO3. The molecule has 0 aromatic carbocycles. The first kappa shape index (κ1) is 16.8. The lowest BCUT2D eigenvalue weighted by atomic mass is 9.61. The number of nitrogens with one attached hydrogen (secondary N) is 1. The van der Waals surface area contributed by atoms with E-state index in [9.17, 15) is 9.90 Å². The largest absolute Gasteiger partial charge is 0.481 e. The van der Waals surface area contributed by atoms with Gasteiger partial charge < -0.3 is 15.2 Å². The summed E-state index contributed by atoms with van der Waals surface area (Å²) in [6.07, 6.45) is 4.24.